The molecule has 0 aliphatic heterocycles. The molecule has 0 atom stereocenters. The molecule has 0 fully saturated rings. The molecule has 0 bridgehead atoms. The Morgan fingerprint density at radius 2 is 1.00 bits per heavy atom. The average Bonchev–Trinajstić information content (AvgIpc) is 3.24. The molecule has 172 valence electrons. The van der Waals surface area contributed by atoms with E-state index in [0.717, 1.165) is 23.2 Å². The molecule has 0 saturated carbocycles. The summed E-state index contributed by atoms with van der Waals surface area (Å²) < 4.78 is 2.20. The van der Waals surface area contributed by atoms with E-state index in [1.165, 1.54) is 15.9 Å². The Morgan fingerprint density at radius 3 is 1.41 bits per heavy atom. The quantitative estimate of drug-likeness (QED) is 0.325. The number of hydrogen-bond donors (Lipinski definition) is 0. The average molecular weight is 505 g/mol. The van der Waals surface area contributed by atoms with Gasteiger partial charge in [0, 0.05) is 18.8 Å². The van der Waals surface area contributed by atoms with Crippen LogP contribution in [0.4, 0.5) is 0 Å². The highest BCUT2D eigenvalue weighted by Crippen LogP contribution is 2.58. The number of aromatic nitrogens is 2. The van der Waals surface area contributed by atoms with Gasteiger partial charge in [0.15, 0.2) is 0 Å². The highest BCUT2D eigenvalue weighted by atomic mass is 35.5. The lowest BCUT2D eigenvalue weighted by Crippen LogP contribution is -3.00. The van der Waals surface area contributed by atoms with Crippen LogP contribution in [0.25, 0.3) is 11.3 Å². The fourth-order valence-corrected chi connectivity index (χ4v) is 8.58. The smallest absolute Gasteiger partial charge is 0.148 e. The molecule has 34 heavy (non-hydrogen) atoms. The molecule has 5 heteroatoms. The van der Waals surface area contributed by atoms with Gasteiger partial charge in [-0.1, -0.05) is 84.9 Å². The summed E-state index contributed by atoms with van der Waals surface area (Å²) in [6.07, 6.45) is 3.02. The third-order valence-electron chi connectivity index (χ3n) is 6.01. The van der Waals surface area contributed by atoms with Crippen molar-refractivity contribution in [3.05, 3.63) is 133 Å². The van der Waals surface area contributed by atoms with Gasteiger partial charge in [0.1, 0.15) is 35.2 Å². The molecule has 0 N–H and O–H groups in total. The highest BCUT2D eigenvalue weighted by molar-refractivity contribution is 7.95. The van der Waals surface area contributed by atoms with Crippen LogP contribution in [0, 0.1) is 0 Å². The van der Waals surface area contributed by atoms with Gasteiger partial charge in [-0.3, -0.25) is 0 Å². The van der Waals surface area contributed by atoms with Crippen LogP contribution in [0.1, 0.15) is 5.82 Å². The minimum absolute atomic E-state index is 0. The summed E-state index contributed by atoms with van der Waals surface area (Å²) in [6.45, 7) is 0. The summed E-state index contributed by atoms with van der Waals surface area (Å²) in [6, 6.07) is 43.4. The molecule has 0 aliphatic rings. The predicted molar refractivity (Wildman–Crippen MR) is 145 cm³/mol. The summed E-state index contributed by atoms with van der Waals surface area (Å²) >= 11 is 0. The molecule has 5 rings (SSSR count). The third-order valence-corrected chi connectivity index (χ3v) is 10.3. The van der Waals surface area contributed by atoms with E-state index in [0.29, 0.717) is 0 Å². The first kappa shape index (κ1) is 25.7. The van der Waals surface area contributed by atoms with Gasteiger partial charge in [-0.15, -0.1) is 12.4 Å². The van der Waals surface area contributed by atoms with Gasteiger partial charge in [0.05, 0.1) is 5.69 Å². The Balaban J connectivity index is 0.00000162. The van der Waals surface area contributed by atoms with E-state index in [9.17, 15) is 0 Å². The van der Waals surface area contributed by atoms with Crippen LogP contribution in [0.15, 0.2) is 128 Å². The van der Waals surface area contributed by atoms with Crippen molar-refractivity contribution in [2.45, 2.75) is 6.16 Å². The number of benzene rings is 4. The van der Waals surface area contributed by atoms with Crippen LogP contribution >= 0.6 is 19.7 Å². The zero-order chi connectivity index (χ0) is 21.8. The molecule has 1 aromatic heterocycles. The largest absolute Gasteiger partial charge is 1.00 e. The molecule has 0 radical (unpaired) electrons. The minimum atomic E-state index is -1.96. The zero-order valence-electron chi connectivity index (χ0n) is 19.0. The molecule has 0 aliphatic carbocycles. The van der Waals surface area contributed by atoms with Crippen LogP contribution in [0.3, 0.4) is 0 Å². The second-order valence-electron chi connectivity index (χ2n) is 7.99. The van der Waals surface area contributed by atoms with Crippen LogP contribution in [0.5, 0.6) is 0 Å². The van der Waals surface area contributed by atoms with Gasteiger partial charge in [0.2, 0.25) is 0 Å². The summed E-state index contributed by atoms with van der Waals surface area (Å²) in [4.78, 5) is 5.13. The second kappa shape index (κ2) is 11.5. The van der Waals surface area contributed by atoms with Gasteiger partial charge in [-0.05, 0) is 36.4 Å². The van der Waals surface area contributed by atoms with Crippen molar-refractivity contribution in [1.82, 2.24) is 9.55 Å². The van der Waals surface area contributed by atoms with E-state index in [4.69, 9.17) is 4.98 Å². The number of rotatable bonds is 6. The molecule has 0 spiro atoms. The molecular formula is C29H27Cl2N2P. The van der Waals surface area contributed by atoms with Crippen molar-refractivity contribution in [3.8, 4) is 11.3 Å². The van der Waals surface area contributed by atoms with E-state index in [1.54, 1.807) is 0 Å². The molecule has 0 unspecified atom stereocenters. The Bertz CT molecular complexity index is 1190. The summed E-state index contributed by atoms with van der Waals surface area (Å²) in [7, 11) is 0.152. The first-order valence-electron chi connectivity index (χ1n) is 10.9. The molecule has 4 aromatic carbocycles. The maximum Gasteiger partial charge on any atom is 0.148 e. The van der Waals surface area contributed by atoms with Crippen LogP contribution in [-0.2, 0) is 13.2 Å². The maximum absolute atomic E-state index is 5.13. The molecule has 0 amide bonds. The van der Waals surface area contributed by atoms with E-state index in [1.807, 2.05) is 6.07 Å². The monoisotopic (exact) mass is 504 g/mol. The van der Waals surface area contributed by atoms with Gasteiger partial charge < -0.3 is 17.0 Å². The Labute approximate surface area is 214 Å². The van der Waals surface area contributed by atoms with Gasteiger partial charge in [-0.25, -0.2) is 4.98 Å². The predicted octanol–water partition coefficient (Wildman–Crippen LogP) is 3.01. The Kier molecular flexibility index (Phi) is 8.69. The number of nitrogens with zero attached hydrogens (tertiary/aromatic N) is 2. The first-order valence-corrected chi connectivity index (χ1v) is 12.9. The van der Waals surface area contributed by atoms with Crippen molar-refractivity contribution in [2.75, 3.05) is 0 Å². The Hall–Kier alpha value is -2.90. The fraction of sp³-hybridized carbons (Fsp3) is 0.0690. The summed E-state index contributed by atoms with van der Waals surface area (Å²) in [5.41, 5.74) is 2.17. The van der Waals surface area contributed by atoms with E-state index in [2.05, 4.69) is 133 Å². The molecular weight excluding hydrogens is 478 g/mol. The minimum Gasteiger partial charge on any atom is -1.00 e. The maximum atomic E-state index is 5.13. The van der Waals surface area contributed by atoms with E-state index in [-0.39, 0.29) is 24.8 Å². The first-order chi connectivity index (χ1) is 15.8. The van der Waals surface area contributed by atoms with Gasteiger partial charge in [0.25, 0.3) is 0 Å². The lowest BCUT2D eigenvalue weighted by atomic mass is 10.2. The highest BCUT2D eigenvalue weighted by Gasteiger charge is 2.46. The lowest BCUT2D eigenvalue weighted by Gasteiger charge is -2.27. The van der Waals surface area contributed by atoms with Crippen molar-refractivity contribution in [2.24, 2.45) is 7.05 Å². The topological polar surface area (TPSA) is 17.8 Å². The van der Waals surface area contributed by atoms with Crippen molar-refractivity contribution >= 4 is 35.6 Å². The third kappa shape index (κ3) is 4.95. The Morgan fingerprint density at radius 1 is 0.618 bits per heavy atom. The molecule has 1 heterocycles. The molecule has 5 aromatic rings. The standard InChI is InChI=1S/C29H26N2P.2ClH/c1-31-22-28(24-14-6-2-7-15-24)30-29(31)23-32(25-16-8-3-9-17-25,26-18-10-4-11-19-26)27-20-12-5-13-21-27;;/h2-22H,23H2,1H3;2*1H/q+1;;/p-1. The van der Waals surface area contributed by atoms with E-state index >= 15 is 0 Å². The normalized spacial score (nSPS) is 10.7. The van der Waals surface area contributed by atoms with Crippen molar-refractivity contribution < 1.29 is 12.4 Å². The number of imidazole rings is 1. The number of halogens is 2. The van der Waals surface area contributed by atoms with Crippen LogP contribution in [-0.4, -0.2) is 9.55 Å². The second-order valence-corrected chi connectivity index (χ2v) is 11.5. The van der Waals surface area contributed by atoms with E-state index < -0.39 is 7.26 Å². The zero-order valence-corrected chi connectivity index (χ0v) is 21.4. The lowest BCUT2D eigenvalue weighted by molar-refractivity contribution is -0.00000653. The summed E-state index contributed by atoms with van der Waals surface area (Å²) in [5, 5.41) is 4.13. The fourth-order valence-electron chi connectivity index (χ4n) is 4.38. The van der Waals surface area contributed by atoms with Gasteiger partial charge in [-0.2, -0.15) is 0 Å². The molecule has 2 nitrogen and oxygen atoms in total. The number of hydrogen-bond acceptors (Lipinski definition) is 1. The van der Waals surface area contributed by atoms with Crippen LogP contribution in [0.2, 0.25) is 0 Å². The summed E-state index contributed by atoms with van der Waals surface area (Å²) in [5.74, 6) is 1.11. The SMILES string of the molecule is Cl.Cn1cc(-c2ccccc2)nc1C[P+](c1ccccc1)(c1ccccc1)c1ccccc1.[Cl-]. The van der Waals surface area contributed by atoms with Crippen LogP contribution < -0.4 is 28.3 Å². The molecule has 0 saturated heterocycles. The van der Waals surface area contributed by atoms with Crippen molar-refractivity contribution in [3.63, 3.8) is 0 Å². The number of aryl methyl sites for hydroxylation is 1. The van der Waals surface area contributed by atoms with Crippen molar-refractivity contribution in [1.29, 1.82) is 0 Å². The van der Waals surface area contributed by atoms with Gasteiger partial charge >= 0.3 is 0 Å².